The van der Waals surface area contributed by atoms with Crippen molar-refractivity contribution < 1.29 is 27.2 Å². The van der Waals surface area contributed by atoms with Gasteiger partial charge in [0.05, 0.1) is 11.3 Å². The number of nitrogens with one attached hydrogen (secondary N) is 1. The van der Waals surface area contributed by atoms with Crippen molar-refractivity contribution in [3.8, 4) is 0 Å². The summed E-state index contributed by atoms with van der Waals surface area (Å²) in [4.78, 5) is 26.3. The molecular formula is C23H16F4N2O2S. The van der Waals surface area contributed by atoms with Crippen LogP contribution in [0.15, 0.2) is 72.8 Å². The summed E-state index contributed by atoms with van der Waals surface area (Å²) in [5, 5.41) is 2.26. The predicted molar refractivity (Wildman–Crippen MR) is 115 cm³/mol. The molecule has 9 heteroatoms. The van der Waals surface area contributed by atoms with Gasteiger partial charge in [-0.3, -0.25) is 14.5 Å². The average Bonchev–Trinajstić information content (AvgIpc) is 3.16. The first kappa shape index (κ1) is 21.9. The summed E-state index contributed by atoms with van der Waals surface area (Å²) >= 11 is 1.42. The number of carbonyl (C=O) groups is 2. The SMILES string of the molecule is O=C(Nc1ccc([C@@H]2SCC(=O)N2c2ccc(F)cc2)cc1)c1cccc(C(F)(F)F)c1. The highest BCUT2D eigenvalue weighted by atomic mass is 32.2. The third kappa shape index (κ3) is 4.62. The van der Waals surface area contributed by atoms with Gasteiger partial charge in [0.15, 0.2) is 0 Å². The van der Waals surface area contributed by atoms with Gasteiger partial charge >= 0.3 is 6.18 Å². The third-order valence-electron chi connectivity index (χ3n) is 4.88. The lowest BCUT2D eigenvalue weighted by Crippen LogP contribution is -2.27. The highest BCUT2D eigenvalue weighted by molar-refractivity contribution is 8.00. The van der Waals surface area contributed by atoms with E-state index in [1.807, 2.05) is 0 Å². The van der Waals surface area contributed by atoms with Crippen molar-refractivity contribution in [3.63, 3.8) is 0 Å². The van der Waals surface area contributed by atoms with Gasteiger partial charge in [0, 0.05) is 16.9 Å². The van der Waals surface area contributed by atoms with Gasteiger partial charge in [-0.15, -0.1) is 11.8 Å². The molecule has 2 amide bonds. The van der Waals surface area contributed by atoms with Crippen LogP contribution in [0.3, 0.4) is 0 Å². The molecule has 1 atom stereocenters. The van der Waals surface area contributed by atoms with Crippen LogP contribution >= 0.6 is 11.8 Å². The molecule has 32 heavy (non-hydrogen) atoms. The molecule has 1 aliphatic heterocycles. The Kier molecular flexibility index (Phi) is 5.92. The van der Waals surface area contributed by atoms with Gasteiger partial charge in [0.25, 0.3) is 5.91 Å². The first-order chi connectivity index (χ1) is 15.2. The second-order valence-electron chi connectivity index (χ2n) is 7.06. The van der Waals surface area contributed by atoms with Gasteiger partial charge in [0.2, 0.25) is 5.91 Å². The van der Waals surface area contributed by atoms with Crippen LogP contribution in [-0.2, 0) is 11.0 Å². The maximum atomic E-state index is 13.2. The summed E-state index contributed by atoms with van der Waals surface area (Å²) in [5.41, 5.74) is 0.766. The molecule has 1 aliphatic rings. The van der Waals surface area contributed by atoms with E-state index in [2.05, 4.69) is 5.32 Å². The number of hydrogen-bond acceptors (Lipinski definition) is 3. The normalized spacial score (nSPS) is 16.3. The van der Waals surface area contributed by atoms with E-state index in [1.165, 1.54) is 48.2 Å². The van der Waals surface area contributed by atoms with Crippen molar-refractivity contribution in [1.29, 1.82) is 0 Å². The number of amides is 2. The Balaban J connectivity index is 1.50. The monoisotopic (exact) mass is 460 g/mol. The number of carbonyl (C=O) groups excluding carboxylic acids is 2. The molecule has 3 aromatic carbocycles. The Labute approximate surface area is 185 Å². The van der Waals surface area contributed by atoms with Crippen LogP contribution in [0.25, 0.3) is 0 Å². The molecule has 1 fully saturated rings. The summed E-state index contributed by atoms with van der Waals surface area (Å²) in [6, 6.07) is 16.5. The zero-order valence-corrected chi connectivity index (χ0v) is 17.2. The largest absolute Gasteiger partial charge is 0.416 e. The Morgan fingerprint density at radius 2 is 1.69 bits per heavy atom. The number of anilines is 2. The van der Waals surface area contributed by atoms with Gasteiger partial charge in [-0.1, -0.05) is 18.2 Å². The summed E-state index contributed by atoms with van der Waals surface area (Å²) in [6.07, 6.45) is -4.54. The van der Waals surface area contributed by atoms with Crippen molar-refractivity contribution in [2.75, 3.05) is 16.0 Å². The molecular weight excluding hydrogens is 444 g/mol. The highest BCUT2D eigenvalue weighted by Gasteiger charge is 2.34. The van der Waals surface area contributed by atoms with Crippen LogP contribution in [0.5, 0.6) is 0 Å². The molecule has 0 radical (unpaired) electrons. The smallest absolute Gasteiger partial charge is 0.322 e. The zero-order valence-electron chi connectivity index (χ0n) is 16.4. The van der Waals surface area contributed by atoms with Crippen LogP contribution in [0.1, 0.15) is 26.9 Å². The van der Waals surface area contributed by atoms with Crippen LogP contribution in [0, 0.1) is 5.82 Å². The van der Waals surface area contributed by atoms with Gasteiger partial charge in [-0.25, -0.2) is 4.39 Å². The van der Waals surface area contributed by atoms with E-state index in [0.717, 1.165) is 17.7 Å². The van der Waals surface area contributed by atoms with E-state index in [9.17, 15) is 27.2 Å². The standard InChI is InChI=1S/C23H16F4N2O2S/c24-17-6-10-19(11-7-17)29-20(30)13-32-22(29)14-4-8-18(9-5-14)28-21(31)15-2-1-3-16(12-15)23(25,26)27/h1-12,22H,13H2,(H,28,31)/t22-/m0/s1. The minimum atomic E-state index is -4.54. The number of rotatable bonds is 4. The number of hydrogen-bond donors (Lipinski definition) is 1. The molecule has 1 heterocycles. The zero-order chi connectivity index (χ0) is 22.9. The first-order valence-corrected chi connectivity index (χ1v) is 10.5. The second kappa shape index (κ2) is 8.66. The molecule has 4 nitrogen and oxygen atoms in total. The van der Waals surface area contributed by atoms with E-state index in [-0.39, 0.29) is 22.6 Å². The summed E-state index contributed by atoms with van der Waals surface area (Å²) < 4.78 is 51.9. The lowest BCUT2D eigenvalue weighted by atomic mass is 10.1. The van der Waals surface area contributed by atoms with Crippen molar-refractivity contribution in [2.45, 2.75) is 11.6 Å². The molecule has 3 aromatic rings. The van der Waals surface area contributed by atoms with E-state index in [4.69, 9.17) is 0 Å². The van der Waals surface area contributed by atoms with Crippen LogP contribution in [0.2, 0.25) is 0 Å². The van der Waals surface area contributed by atoms with Crippen molar-refractivity contribution in [3.05, 3.63) is 95.3 Å². The molecule has 0 aliphatic carbocycles. The fourth-order valence-corrected chi connectivity index (χ4v) is 4.50. The molecule has 0 bridgehead atoms. The predicted octanol–water partition coefficient (Wildman–Crippen LogP) is 5.88. The molecule has 1 saturated heterocycles. The molecule has 4 rings (SSSR count). The quantitative estimate of drug-likeness (QED) is 0.495. The van der Waals surface area contributed by atoms with E-state index >= 15 is 0 Å². The Hall–Kier alpha value is -3.33. The molecule has 0 unspecified atom stereocenters. The minimum Gasteiger partial charge on any atom is -0.322 e. The highest BCUT2D eigenvalue weighted by Crippen LogP contribution is 2.42. The topological polar surface area (TPSA) is 49.4 Å². The fourth-order valence-electron chi connectivity index (χ4n) is 3.32. The summed E-state index contributed by atoms with van der Waals surface area (Å²) in [7, 11) is 0. The second-order valence-corrected chi connectivity index (χ2v) is 8.13. The van der Waals surface area contributed by atoms with Crippen LogP contribution < -0.4 is 10.2 Å². The summed E-state index contributed by atoms with van der Waals surface area (Å²) in [6.45, 7) is 0. The molecule has 164 valence electrons. The number of halogens is 4. The van der Waals surface area contributed by atoms with Crippen LogP contribution in [-0.4, -0.2) is 17.6 Å². The molecule has 0 saturated carbocycles. The van der Waals surface area contributed by atoms with Gasteiger partial charge < -0.3 is 5.32 Å². The van der Waals surface area contributed by atoms with Crippen molar-refractivity contribution in [1.82, 2.24) is 0 Å². The van der Waals surface area contributed by atoms with Gasteiger partial charge in [-0.2, -0.15) is 13.2 Å². The lowest BCUT2D eigenvalue weighted by molar-refractivity contribution is -0.137. The van der Waals surface area contributed by atoms with Gasteiger partial charge in [-0.05, 0) is 60.2 Å². The fraction of sp³-hybridized carbons (Fsp3) is 0.130. The Bertz CT molecular complexity index is 1150. The Morgan fingerprint density at radius 1 is 1.00 bits per heavy atom. The van der Waals surface area contributed by atoms with E-state index < -0.39 is 23.5 Å². The number of alkyl halides is 3. The van der Waals surface area contributed by atoms with Gasteiger partial charge in [0.1, 0.15) is 11.2 Å². The molecule has 0 aromatic heterocycles. The first-order valence-electron chi connectivity index (χ1n) is 9.50. The van der Waals surface area contributed by atoms with Crippen molar-refractivity contribution in [2.24, 2.45) is 0 Å². The number of thioether (sulfide) groups is 1. The lowest BCUT2D eigenvalue weighted by Gasteiger charge is -2.24. The Morgan fingerprint density at radius 3 is 2.34 bits per heavy atom. The maximum absolute atomic E-state index is 13.2. The van der Waals surface area contributed by atoms with Crippen LogP contribution in [0.4, 0.5) is 28.9 Å². The third-order valence-corrected chi connectivity index (χ3v) is 6.09. The molecule has 1 N–H and O–H groups in total. The number of benzene rings is 3. The van der Waals surface area contributed by atoms with Crippen molar-refractivity contribution >= 4 is 35.0 Å². The molecule has 0 spiro atoms. The summed E-state index contributed by atoms with van der Waals surface area (Å²) in [5.74, 6) is -0.892. The minimum absolute atomic E-state index is 0.103. The maximum Gasteiger partial charge on any atom is 0.416 e. The number of nitrogens with zero attached hydrogens (tertiary/aromatic N) is 1. The van der Waals surface area contributed by atoms with E-state index in [1.54, 1.807) is 29.2 Å². The average molecular weight is 460 g/mol. The van der Waals surface area contributed by atoms with E-state index in [0.29, 0.717) is 11.4 Å².